The van der Waals surface area contributed by atoms with E-state index in [0.717, 1.165) is 24.3 Å². The number of alkyl halides is 4. The zero-order chi connectivity index (χ0) is 25.4. The zero-order valence-electron chi connectivity index (χ0n) is 16.4. The molecule has 2 aromatic carbocycles. The first-order valence-electron chi connectivity index (χ1n) is 8.92. The van der Waals surface area contributed by atoms with E-state index in [2.05, 4.69) is 4.74 Å². The van der Waals surface area contributed by atoms with Gasteiger partial charge in [0.15, 0.2) is 6.61 Å². The van der Waals surface area contributed by atoms with Gasteiger partial charge >= 0.3 is 18.3 Å². The molecule has 10 nitrogen and oxygen atoms in total. The molecule has 14 heteroatoms. The lowest BCUT2D eigenvalue weighted by molar-refractivity contribution is -0.385. The van der Waals surface area contributed by atoms with Crippen molar-refractivity contribution in [2.24, 2.45) is 0 Å². The first kappa shape index (κ1) is 23.8. The van der Waals surface area contributed by atoms with Crippen LogP contribution in [0.2, 0.25) is 0 Å². The topological polar surface area (TPSA) is 160 Å². The van der Waals surface area contributed by atoms with Crippen LogP contribution in [0.3, 0.4) is 0 Å². The summed E-state index contributed by atoms with van der Waals surface area (Å²) in [5.41, 5.74) is -3.38. The summed E-state index contributed by atoms with van der Waals surface area (Å²) in [4.78, 5) is 33.4. The number of benzene rings is 2. The number of ether oxygens (including phenoxy) is 1. The molecule has 0 saturated heterocycles. The lowest BCUT2D eigenvalue weighted by Gasteiger charge is -2.16. The summed E-state index contributed by atoms with van der Waals surface area (Å²) in [7, 11) is 0. The van der Waals surface area contributed by atoms with Gasteiger partial charge in [0.05, 0.1) is 15.4 Å². The van der Waals surface area contributed by atoms with Crippen molar-refractivity contribution in [2.75, 3.05) is 6.61 Å². The second-order valence-corrected chi connectivity index (χ2v) is 6.77. The smallest absolute Gasteiger partial charge is 0.340 e. The van der Waals surface area contributed by atoms with Gasteiger partial charge in [0, 0.05) is 35.4 Å². The van der Waals surface area contributed by atoms with E-state index >= 15 is 0 Å². The minimum absolute atomic E-state index is 0.000989. The van der Waals surface area contributed by atoms with Gasteiger partial charge in [0.25, 0.3) is 11.4 Å². The molecule has 3 rings (SSSR count). The summed E-state index contributed by atoms with van der Waals surface area (Å²) in [6.45, 7) is -2.03. The van der Waals surface area contributed by atoms with Gasteiger partial charge in [-0.3, -0.25) is 20.2 Å². The molecule has 1 aliphatic rings. The number of non-ortho nitro benzene ring substituents is 2. The van der Waals surface area contributed by atoms with E-state index in [1.54, 1.807) is 12.1 Å². The Morgan fingerprint density at radius 2 is 1.59 bits per heavy atom. The highest BCUT2D eigenvalue weighted by atomic mass is 19.3. The molecule has 172 valence electrons. The molecule has 0 aromatic heterocycles. The van der Waals surface area contributed by atoms with Crippen molar-refractivity contribution in [1.29, 1.82) is 10.5 Å². The highest BCUT2D eigenvalue weighted by molar-refractivity contribution is 6.11. The third-order valence-corrected chi connectivity index (χ3v) is 4.76. The molecule has 0 atom stereocenters. The number of nitrogens with zero attached hydrogens (tertiary/aromatic N) is 4. The Balaban J connectivity index is 2.32. The molecule has 34 heavy (non-hydrogen) atoms. The van der Waals surface area contributed by atoms with E-state index in [0.29, 0.717) is 6.07 Å². The van der Waals surface area contributed by atoms with Crippen molar-refractivity contribution in [1.82, 2.24) is 0 Å². The summed E-state index contributed by atoms with van der Waals surface area (Å²) in [5, 5.41) is 41.3. The van der Waals surface area contributed by atoms with Gasteiger partial charge in [-0.25, -0.2) is 13.6 Å². The van der Waals surface area contributed by atoms with Gasteiger partial charge in [0.1, 0.15) is 17.7 Å². The molecule has 0 spiro atoms. The summed E-state index contributed by atoms with van der Waals surface area (Å²) < 4.78 is 55.6. The van der Waals surface area contributed by atoms with Crippen molar-refractivity contribution in [3.63, 3.8) is 0 Å². The molecule has 0 N–H and O–H groups in total. The number of nitriles is 2. The molecule has 0 amide bonds. The van der Waals surface area contributed by atoms with E-state index in [9.17, 15) is 53.1 Å². The molecular weight excluding hydrogens is 468 g/mol. The van der Waals surface area contributed by atoms with Crippen LogP contribution in [0.5, 0.6) is 0 Å². The lowest BCUT2D eigenvalue weighted by Crippen LogP contribution is -2.33. The molecule has 0 heterocycles. The van der Waals surface area contributed by atoms with E-state index in [4.69, 9.17) is 0 Å². The maximum atomic E-state index is 13.2. The largest absolute Gasteiger partial charge is 0.455 e. The quantitative estimate of drug-likeness (QED) is 0.166. The number of fused-ring (bicyclic) bond motifs is 3. The fourth-order valence-electron chi connectivity index (χ4n) is 3.30. The van der Waals surface area contributed by atoms with E-state index in [1.165, 1.54) is 0 Å². The van der Waals surface area contributed by atoms with Gasteiger partial charge in [-0.05, 0) is 22.8 Å². The Bertz CT molecular complexity index is 1360. The number of rotatable bonds is 6. The predicted molar refractivity (Wildman–Crippen MR) is 104 cm³/mol. The van der Waals surface area contributed by atoms with Crippen molar-refractivity contribution >= 4 is 22.9 Å². The summed E-state index contributed by atoms with van der Waals surface area (Å²) >= 11 is 0. The number of halogens is 4. The second kappa shape index (κ2) is 8.59. The Morgan fingerprint density at radius 1 is 1.00 bits per heavy atom. The molecule has 0 unspecified atom stereocenters. The number of esters is 1. The highest BCUT2D eigenvalue weighted by Gasteiger charge is 2.43. The number of hydrogen-bond donors (Lipinski definition) is 0. The average Bonchev–Trinajstić information content (AvgIpc) is 3.11. The van der Waals surface area contributed by atoms with Gasteiger partial charge in [-0.15, -0.1) is 0 Å². The first-order valence-corrected chi connectivity index (χ1v) is 8.92. The Labute approximate surface area is 186 Å². The molecule has 1 aliphatic carbocycles. The number of nitro groups is 2. The Kier molecular flexibility index (Phi) is 6.01. The van der Waals surface area contributed by atoms with E-state index < -0.39 is 57.3 Å². The van der Waals surface area contributed by atoms with Crippen LogP contribution >= 0.6 is 0 Å². The first-order chi connectivity index (χ1) is 15.9. The Hall–Kier alpha value is -4.85. The van der Waals surface area contributed by atoms with E-state index in [1.807, 2.05) is 0 Å². The van der Waals surface area contributed by atoms with Crippen LogP contribution < -0.4 is 0 Å². The summed E-state index contributed by atoms with van der Waals surface area (Å²) in [6, 6.07) is 7.75. The SMILES string of the molecule is N#CC(C#N)=C1c2cc([N+](=O)[O-])ccc2-c2c(C(=O)OCC(F)(F)C(F)F)cc([N+](=O)[O-])cc21. The number of hydrogen-bond acceptors (Lipinski definition) is 8. The van der Waals surface area contributed by atoms with Crippen LogP contribution in [0.1, 0.15) is 21.5 Å². The fourth-order valence-corrected chi connectivity index (χ4v) is 3.30. The number of nitro benzene ring substituents is 2. The van der Waals surface area contributed by atoms with Crippen LogP contribution in [0.15, 0.2) is 35.9 Å². The van der Waals surface area contributed by atoms with Crippen molar-refractivity contribution in [3.8, 4) is 23.3 Å². The van der Waals surface area contributed by atoms with Gasteiger partial charge in [-0.1, -0.05) is 0 Å². The van der Waals surface area contributed by atoms with E-state index in [-0.39, 0.29) is 27.8 Å². The summed E-state index contributed by atoms with van der Waals surface area (Å²) in [5.74, 6) is -6.32. The normalized spacial score (nSPS) is 11.8. The lowest BCUT2D eigenvalue weighted by atomic mass is 9.96. The van der Waals surface area contributed by atoms with Crippen LogP contribution in [-0.2, 0) is 4.74 Å². The van der Waals surface area contributed by atoms with Crippen molar-refractivity contribution < 1.29 is 36.9 Å². The van der Waals surface area contributed by atoms with Gasteiger partial charge in [0.2, 0.25) is 0 Å². The molecule has 0 bridgehead atoms. The monoisotopic (exact) mass is 476 g/mol. The fraction of sp³-hybridized carbons (Fsp3) is 0.150. The highest BCUT2D eigenvalue weighted by Crippen LogP contribution is 2.49. The standard InChI is InChI=1S/C20H8F4N4O6/c21-19(22)20(23,24)8-34-18(29)15-5-11(28(32)33)4-14-16(9(6-25)7-26)13-3-10(27(30)31)1-2-12(13)17(14)15/h1-5,19H,8H2. The number of carbonyl (C=O) groups is 1. The average molecular weight is 476 g/mol. The minimum Gasteiger partial charge on any atom is -0.455 e. The van der Waals surface area contributed by atoms with Crippen LogP contribution in [0.4, 0.5) is 28.9 Å². The van der Waals surface area contributed by atoms with Crippen molar-refractivity contribution in [2.45, 2.75) is 12.3 Å². The molecule has 0 saturated carbocycles. The maximum Gasteiger partial charge on any atom is 0.340 e. The number of carbonyl (C=O) groups excluding carboxylic acids is 1. The third-order valence-electron chi connectivity index (χ3n) is 4.76. The second-order valence-electron chi connectivity index (χ2n) is 6.77. The minimum atomic E-state index is -4.70. The van der Waals surface area contributed by atoms with Gasteiger partial charge in [-0.2, -0.15) is 19.3 Å². The predicted octanol–water partition coefficient (Wildman–Crippen LogP) is 4.39. The molecule has 2 aromatic rings. The van der Waals surface area contributed by atoms with Gasteiger partial charge < -0.3 is 4.74 Å². The van der Waals surface area contributed by atoms with Crippen LogP contribution in [-0.4, -0.2) is 34.8 Å². The molecule has 0 radical (unpaired) electrons. The van der Waals surface area contributed by atoms with Crippen molar-refractivity contribution in [3.05, 3.63) is 72.8 Å². The maximum absolute atomic E-state index is 13.2. The summed E-state index contributed by atoms with van der Waals surface area (Å²) in [6.07, 6.45) is -4.15. The third kappa shape index (κ3) is 4.00. The van der Waals surface area contributed by atoms with Crippen LogP contribution in [0, 0.1) is 42.9 Å². The number of allylic oxidation sites excluding steroid dienone is 1. The molecule has 0 fully saturated rings. The zero-order valence-corrected chi connectivity index (χ0v) is 16.4. The Morgan fingerprint density at radius 3 is 2.12 bits per heavy atom. The molecular formula is C20H8F4N4O6. The molecule has 0 aliphatic heterocycles. The van der Waals surface area contributed by atoms with Crippen LogP contribution in [0.25, 0.3) is 16.7 Å².